The van der Waals surface area contributed by atoms with Crippen LogP contribution in [0.5, 0.6) is 0 Å². The van der Waals surface area contributed by atoms with Gasteiger partial charge in [0.2, 0.25) is 0 Å². The number of nitrogens with zero attached hydrogens (tertiary/aromatic N) is 1. The molecule has 0 aromatic carbocycles. The molecule has 1 saturated heterocycles. The van der Waals surface area contributed by atoms with E-state index in [2.05, 4.69) is 33.0 Å². The molecule has 1 N–H and O–H groups in total. The quantitative estimate of drug-likeness (QED) is 0.823. The Labute approximate surface area is 123 Å². The van der Waals surface area contributed by atoms with E-state index in [1.165, 1.54) is 49.4 Å². The van der Waals surface area contributed by atoms with E-state index in [1.807, 2.05) is 11.8 Å². The zero-order valence-corrected chi connectivity index (χ0v) is 13.9. The Bertz CT molecular complexity index is 328. The van der Waals surface area contributed by atoms with E-state index in [-0.39, 0.29) is 5.54 Å². The van der Waals surface area contributed by atoms with Gasteiger partial charge >= 0.3 is 0 Å². The molecule has 1 aliphatic carbocycles. The molecular weight excluding hydrogens is 252 g/mol. The van der Waals surface area contributed by atoms with Crippen molar-refractivity contribution in [3.63, 3.8) is 0 Å². The maximum Gasteiger partial charge on any atom is 0.156 e. The summed E-state index contributed by atoms with van der Waals surface area (Å²) in [6.45, 7) is 10.3. The lowest BCUT2D eigenvalue weighted by Gasteiger charge is -2.34. The highest BCUT2D eigenvalue weighted by atomic mass is 32.2. The topological polar surface area (TPSA) is 24.4 Å². The average Bonchev–Trinajstić information content (AvgIpc) is 2.73. The molecule has 2 aliphatic rings. The number of thioether (sulfide) groups is 1. The highest BCUT2D eigenvalue weighted by molar-refractivity contribution is 8.13. The molecular formula is C16H30N2S. The SMILES string of the molecule is CC(C)CC1(CN=C2NC(C)(C)CCS2)CCCC1. The third-order valence-electron chi connectivity index (χ3n) is 4.47. The number of nitrogens with one attached hydrogen (secondary N) is 1. The molecule has 1 saturated carbocycles. The van der Waals surface area contributed by atoms with Gasteiger partial charge < -0.3 is 5.32 Å². The predicted octanol–water partition coefficient (Wildman–Crippen LogP) is 4.45. The van der Waals surface area contributed by atoms with Crippen LogP contribution in [0.3, 0.4) is 0 Å². The van der Waals surface area contributed by atoms with E-state index in [0.29, 0.717) is 5.41 Å². The van der Waals surface area contributed by atoms with Crippen molar-refractivity contribution in [2.75, 3.05) is 12.3 Å². The monoisotopic (exact) mass is 282 g/mol. The molecule has 1 heterocycles. The lowest BCUT2D eigenvalue weighted by molar-refractivity contribution is 0.245. The number of hydrogen-bond donors (Lipinski definition) is 1. The molecule has 0 radical (unpaired) electrons. The zero-order chi connectivity index (χ0) is 13.9. The van der Waals surface area contributed by atoms with E-state index in [1.54, 1.807) is 0 Å². The van der Waals surface area contributed by atoms with E-state index in [4.69, 9.17) is 4.99 Å². The molecule has 1 aliphatic heterocycles. The van der Waals surface area contributed by atoms with Crippen molar-refractivity contribution in [2.45, 2.75) is 71.8 Å². The smallest absolute Gasteiger partial charge is 0.156 e. The molecule has 19 heavy (non-hydrogen) atoms. The fraction of sp³-hybridized carbons (Fsp3) is 0.938. The van der Waals surface area contributed by atoms with Crippen LogP contribution in [0.1, 0.15) is 66.2 Å². The Kier molecular flexibility index (Phi) is 4.86. The van der Waals surface area contributed by atoms with Crippen LogP contribution in [0.15, 0.2) is 4.99 Å². The first-order valence-corrected chi connectivity index (χ1v) is 8.85. The van der Waals surface area contributed by atoms with E-state index >= 15 is 0 Å². The van der Waals surface area contributed by atoms with Gasteiger partial charge in [0.05, 0.1) is 0 Å². The van der Waals surface area contributed by atoms with Gasteiger partial charge in [-0.3, -0.25) is 4.99 Å². The van der Waals surface area contributed by atoms with Crippen LogP contribution in [0, 0.1) is 11.3 Å². The minimum Gasteiger partial charge on any atom is -0.360 e. The maximum atomic E-state index is 4.95. The van der Waals surface area contributed by atoms with E-state index < -0.39 is 0 Å². The number of aliphatic imine (C=N–C) groups is 1. The van der Waals surface area contributed by atoms with Crippen LogP contribution in [0.25, 0.3) is 0 Å². The number of rotatable bonds is 4. The maximum absolute atomic E-state index is 4.95. The highest BCUT2D eigenvalue weighted by Gasteiger charge is 2.34. The molecule has 2 rings (SSSR count). The van der Waals surface area contributed by atoms with Crippen LogP contribution in [-0.2, 0) is 0 Å². The first-order valence-electron chi connectivity index (χ1n) is 7.86. The predicted molar refractivity (Wildman–Crippen MR) is 86.9 cm³/mol. The van der Waals surface area contributed by atoms with Gasteiger partial charge in [-0.15, -0.1) is 0 Å². The molecule has 0 bridgehead atoms. The first-order chi connectivity index (χ1) is 8.91. The molecule has 2 nitrogen and oxygen atoms in total. The van der Waals surface area contributed by atoms with E-state index in [9.17, 15) is 0 Å². The molecule has 110 valence electrons. The first kappa shape index (κ1) is 15.2. The normalized spacial score (nSPS) is 27.7. The molecule has 3 heteroatoms. The Hall–Kier alpha value is -0.180. The number of amidine groups is 1. The van der Waals surface area contributed by atoms with Crippen molar-refractivity contribution >= 4 is 16.9 Å². The van der Waals surface area contributed by atoms with Gasteiger partial charge in [0.1, 0.15) is 0 Å². The zero-order valence-electron chi connectivity index (χ0n) is 13.1. The second kappa shape index (κ2) is 6.07. The van der Waals surface area contributed by atoms with Gasteiger partial charge in [0.25, 0.3) is 0 Å². The lowest BCUT2D eigenvalue weighted by Crippen LogP contribution is -2.46. The van der Waals surface area contributed by atoms with Crippen LogP contribution >= 0.6 is 11.8 Å². The summed E-state index contributed by atoms with van der Waals surface area (Å²) in [7, 11) is 0. The van der Waals surface area contributed by atoms with Crippen LogP contribution in [0.2, 0.25) is 0 Å². The van der Waals surface area contributed by atoms with Gasteiger partial charge in [-0.2, -0.15) is 0 Å². The van der Waals surface area contributed by atoms with Crippen LogP contribution < -0.4 is 5.32 Å². The fourth-order valence-corrected chi connectivity index (χ4v) is 4.84. The summed E-state index contributed by atoms with van der Waals surface area (Å²) in [6.07, 6.45) is 8.16. The fourth-order valence-electron chi connectivity index (χ4n) is 3.53. The minimum atomic E-state index is 0.227. The molecule has 0 atom stereocenters. The molecule has 0 aromatic heterocycles. The Morgan fingerprint density at radius 3 is 2.47 bits per heavy atom. The van der Waals surface area contributed by atoms with Gasteiger partial charge in [-0.05, 0) is 50.9 Å². The van der Waals surface area contributed by atoms with Crippen molar-refractivity contribution in [2.24, 2.45) is 16.3 Å². The molecule has 0 amide bonds. The molecule has 2 fully saturated rings. The van der Waals surface area contributed by atoms with Crippen molar-refractivity contribution in [1.82, 2.24) is 5.32 Å². The van der Waals surface area contributed by atoms with E-state index in [0.717, 1.165) is 12.5 Å². The highest BCUT2D eigenvalue weighted by Crippen LogP contribution is 2.43. The summed E-state index contributed by atoms with van der Waals surface area (Å²) in [6, 6.07) is 0. The summed E-state index contributed by atoms with van der Waals surface area (Å²) >= 11 is 1.91. The number of hydrogen-bond acceptors (Lipinski definition) is 2. The van der Waals surface area contributed by atoms with Crippen LogP contribution in [-0.4, -0.2) is 23.0 Å². The van der Waals surface area contributed by atoms with Gasteiger partial charge in [-0.1, -0.05) is 38.5 Å². The van der Waals surface area contributed by atoms with Crippen molar-refractivity contribution < 1.29 is 0 Å². The Morgan fingerprint density at radius 1 is 1.21 bits per heavy atom. The standard InChI is InChI=1S/C16H30N2S/c1-13(2)11-16(7-5-6-8-16)12-17-14-18-15(3,4)9-10-19-14/h13H,5-12H2,1-4H3,(H,17,18). The lowest BCUT2D eigenvalue weighted by atomic mass is 9.79. The van der Waals surface area contributed by atoms with Crippen LogP contribution in [0.4, 0.5) is 0 Å². The van der Waals surface area contributed by atoms with Crippen molar-refractivity contribution in [1.29, 1.82) is 0 Å². The summed E-state index contributed by atoms with van der Waals surface area (Å²) in [5.74, 6) is 2.00. The molecule has 0 spiro atoms. The summed E-state index contributed by atoms with van der Waals surface area (Å²) in [5, 5.41) is 4.79. The summed E-state index contributed by atoms with van der Waals surface area (Å²) in [5.41, 5.74) is 0.732. The third kappa shape index (κ3) is 4.40. The second-order valence-corrected chi connectivity index (χ2v) is 8.62. The van der Waals surface area contributed by atoms with Crippen molar-refractivity contribution in [3.8, 4) is 0 Å². The second-order valence-electron chi connectivity index (χ2n) is 7.53. The van der Waals surface area contributed by atoms with Gasteiger partial charge in [-0.25, -0.2) is 0 Å². The molecule has 0 unspecified atom stereocenters. The Balaban J connectivity index is 1.98. The average molecular weight is 282 g/mol. The van der Waals surface area contributed by atoms with Crippen molar-refractivity contribution in [3.05, 3.63) is 0 Å². The largest absolute Gasteiger partial charge is 0.360 e. The Morgan fingerprint density at radius 2 is 1.89 bits per heavy atom. The summed E-state index contributed by atoms with van der Waals surface area (Å²) in [4.78, 5) is 4.95. The van der Waals surface area contributed by atoms with Gasteiger partial charge in [0.15, 0.2) is 5.17 Å². The van der Waals surface area contributed by atoms with Gasteiger partial charge in [0, 0.05) is 17.8 Å². The third-order valence-corrected chi connectivity index (χ3v) is 5.39. The summed E-state index contributed by atoms with van der Waals surface area (Å²) < 4.78 is 0. The minimum absolute atomic E-state index is 0.227. The molecule has 0 aromatic rings.